The second kappa shape index (κ2) is 16.3. The lowest BCUT2D eigenvalue weighted by molar-refractivity contribution is -0.878. The van der Waals surface area contributed by atoms with Gasteiger partial charge in [-0.15, -0.1) is 0 Å². The molecule has 0 atom stereocenters. The van der Waals surface area contributed by atoms with Crippen LogP contribution in [-0.4, -0.2) is 75.3 Å². The molecule has 0 aromatic heterocycles. The molecule has 0 bridgehead atoms. The van der Waals surface area contributed by atoms with Gasteiger partial charge in [-0.05, 0) is 37.1 Å². The minimum absolute atomic E-state index is 0.470. The molecular formula is C20H36N2O4. The normalized spacial score (nSPS) is 10.2. The van der Waals surface area contributed by atoms with E-state index >= 15 is 0 Å². The van der Waals surface area contributed by atoms with Crippen molar-refractivity contribution in [3.8, 4) is 0 Å². The van der Waals surface area contributed by atoms with Crippen LogP contribution in [0.1, 0.15) is 12.8 Å². The first-order valence-electron chi connectivity index (χ1n) is 8.34. The highest BCUT2D eigenvalue weighted by Crippen LogP contribution is 1.95. The smallest absolute Gasteiger partial charge is 0.0969 e. The zero-order valence-electron chi connectivity index (χ0n) is 16.9. The van der Waals surface area contributed by atoms with Crippen LogP contribution in [0, 0.1) is 0 Å². The topological polar surface area (TPSA) is 80.3 Å². The second-order valence-corrected chi connectivity index (χ2v) is 7.00. The van der Waals surface area contributed by atoms with Crippen molar-refractivity contribution in [1.82, 2.24) is 0 Å². The summed E-state index contributed by atoms with van der Waals surface area (Å²) in [7, 11) is 8.62. The Hall–Kier alpha value is -2.18. The Balaban J connectivity index is -0.000000306. The van der Waals surface area contributed by atoms with E-state index in [1.165, 1.54) is 0 Å². The van der Waals surface area contributed by atoms with Crippen LogP contribution in [0.3, 0.4) is 0 Å². The number of aliphatic carboxylic acids is 2. The molecule has 0 spiro atoms. The maximum absolute atomic E-state index is 9.50. The molecule has 0 aromatic carbocycles. The summed E-state index contributed by atoms with van der Waals surface area (Å²) in [5, 5.41) is 19.0. The molecule has 6 heteroatoms. The first kappa shape index (κ1) is 28.6. The molecule has 0 N–H and O–H groups in total. The molecular weight excluding hydrogens is 332 g/mol. The third kappa shape index (κ3) is 26.7. The average molecular weight is 369 g/mol. The molecule has 0 rings (SSSR count). The Morgan fingerprint density at radius 1 is 0.654 bits per heavy atom. The Morgan fingerprint density at radius 3 is 0.962 bits per heavy atom. The van der Waals surface area contributed by atoms with Crippen molar-refractivity contribution in [2.45, 2.75) is 12.8 Å². The summed E-state index contributed by atoms with van der Waals surface area (Å²) in [5.74, 6) is -2.73. The SMILES string of the molecule is C=CC[N+](C)(C)CC=C.C=CC[N+](C)(C)CC=C.O=C([O-])CCC(=O)[O-]. The lowest BCUT2D eigenvalue weighted by Crippen LogP contribution is -2.39. The van der Waals surface area contributed by atoms with Gasteiger partial charge in [0.2, 0.25) is 0 Å². The molecule has 26 heavy (non-hydrogen) atoms. The maximum Gasteiger partial charge on any atom is 0.0969 e. The standard InChI is InChI=1S/2C8H16N.C4H6O4/c2*1-5-7-9(3,4)8-6-2;5-3(6)1-2-4(7)8/h2*5-6H,1-2,7-8H2,3-4H3;1-2H2,(H,5,6)(H,7,8)/q2*+1;/p-2. The third-order valence-electron chi connectivity index (χ3n) is 3.03. The summed E-state index contributed by atoms with van der Waals surface area (Å²) < 4.78 is 1.90. The summed E-state index contributed by atoms with van der Waals surface area (Å²) in [6.45, 7) is 18.7. The number of hydrogen-bond acceptors (Lipinski definition) is 4. The van der Waals surface area contributed by atoms with Gasteiger partial charge in [0.25, 0.3) is 0 Å². The van der Waals surface area contributed by atoms with Gasteiger partial charge in [-0.25, -0.2) is 0 Å². The molecule has 0 saturated carbocycles. The maximum atomic E-state index is 9.50. The Kier molecular flexibility index (Phi) is 17.9. The highest BCUT2D eigenvalue weighted by molar-refractivity contribution is 5.72. The molecule has 0 aliphatic heterocycles. The lowest BCUT2D eigenvalue weighted by Gasteiger charge is -2.26. The number of carbonyl (C=O) groups excluding carboxylic acids is 2. The van der Waals surface area contributed by atoms with E-state index < -0.39 is 24.8 Å². The van der Waals surface area contributed by atoms with Crippen LogP contribution in [0.4, 0.5) is 0 Å². The van der Waals surface area contributed by atoms with E-state index in [1.807, 2.05) is 24.3 Å². The summed E-state index contributed by atoms with van der Waals surface area (Å²) in [4.78, 5) is 19.0. The summed E-state index contributed by atoms with van der Waals surface area (Å²) in [5.41, 5.74) is 0. The quantitative estimate of drug-likeness (QED) is 0.384. The van der Waals surface area contributed by atoms with E-state index in [1.54, 1.807) is 0 Å². The van der Waals surface area contributed by atoms with Gasteiger partial charge in [-0.1, -0.05) is 26.3 Å². The van der Waals surface area contributed by atoms with Crippen LogP contribution in [0.25, 0.3) is 0 Å². The third-order valence-corrected chi connectivity index (χ3v) is 3.03. The molecule has 0 aliphatic rings. The van der Waals surface area contributed by atoms with Gasteiger partial charge in [-0.2, -0.15) is 0 Å². The molecule has 0 aromatic rings. The molecule has 0 saturated heterocycles. The number of carboxylic acid groups (broad SMARTS) is 2. The second-order valence-electron chi connectivity index (χ2n) is 7.00. The predicted molar refractivity (Wildman–Crippen MR) is 104 cm³/mol. The first-order valence-corrected chi connectivity index (χ1v) is 8.34. The lowest BCUT2D eigenvalue weighted by atomic mass is 10.3. The van der Waals surface area contributed by atoms with Gasteiger partial charge in [0.05, 0.1) is 54.4 Å². The monoisotopic (exact) mass is 368 g/mol. The Bertz CT molecular complexity index is 389. The number of rotatable bonds is 11. The van der Waals surface area contributed by atoms with Gasteiger partial charge in [-0.3, -0.25) is 0 Å². The van der Waals surface area contributed by atoms with Crippen molar-refractivity contribution in [2.24, 2.45) is 0 Å². The molecule has 0 amide bonds. The predicted octanol–water partition coefficient (Wildman–Crippen LogP) is 0.136. The fourth-order valence-corrected chi connectivity index (χ4v) is 1.75. The number of hydrogen-bond donors (Lipinski definition) is 0. The zero-order chi connectivity index (χ0) is 21.2. The molecule has 6 nitrogen and oxygen atoms in total. The molecule has 0 radical (unpaired) electrons. The number of carbonyl (C=O) groups is 2. The van der Waals surface area contributed by atoms with Gasteiger partial charge in [0, 0.05) is 11.9 Å². The molecule has 0 fully saturated rings. The van der Waals surface area contributed by atoms with Gasteiger partial charge in [0.15, 0.2) is 0 Å². The fourth-order valence-electron chi connectivity index (χ4n) is 1.75. The van der Waals surface area contributed by atoms with Gasteiger partial charge >= 0.3 is 0 Å². The Morgan fingerprint density at radius 2 is 0.846 bits per heavy atom. The molecule has 0 heterocycles. The van der Waals surface area contributed by atoms with Crippen molar-refractivity contribution >= 4 is 11.9 Å². The van der Waals surface area contributed by atoms with Gasteiger partial charge < -0.3 is 28.8 Å². The van der Waals surface area contributed by atoms with Crippen LogP contribution in [-0.2, 0) is 9.59 Å². The van der Waals surface area contributed by atoms with Crippen molar-refractivity contribution in [2.75, 3.05) is 54.4 Å². The van der Waals surface area contributed by atoms with E-state index in [0.29, 0.717) is 0 Å². The minimum atomic E-state index is -1.37. The number of likely N-dealkylation sites (N-methyl/N-ethyl adjacent to an activating group) is 2. The van der Waals surface area contributed by atoms with E-state index in [-0.39, 0.29) is 0 Å². The summed E-state index contributed by atoms with van der Waals surface area (Å²) in [6, 6.07) is 0. The largest absolute Gasteiger partial charge is 0.550 e. The summed E-state index contributed by atoms with van der Waals surface area (Å²) >= 11 is 0. The number of carboxylic acids is 2. The van der Waals surface area contributed by atoms with E-state index in [9.17, 15) is 19.8 Å². The fraction of sp³-hybridized carbons (Fsp3) is 0.500. The van der Waals surface area contributed by atoms with Crippen molar-refractivity contribution in [3.63, 3.8) is 0 Å². The van der Waals surface area contributed by atoms with Crippen LogP contribution < -0.4 is 10.2 Å². The number of nitrogens with zero attached hydrogens (tertiary/aromatic N) is 2. The highest BCUT2D eigenvalue weighted by Gasteiger charge is 2.08. The van der Waals surface area contributed by atoms with Crippen LogP contribution in [0.2, 0.25) is 0 Å². The average Bonchev–Trinajstić information content (AvgIpc) is 2.46. The zero-order valence-corrected chi connectivity index (χ0v) is 16.9. The van der Waals surface area contributed by atoms with Crippen LogP contribution in [0.15, 0.2) is 50.6 Å². The van der Waals surface area contributed by atoms with E-state index in [0.717, 1.165) is 35.1 Å². The van der Waals surface area contributed by atoms with Crippen LogP contribution >= 0.6 is 0 Å². The van der Waals surface area contributed by atoms with Crippen molar-refractivity contribution in [1.29, 1.82) is 0 Å². The first-order chi connectivity index (χ1) is 11.9. The Labute approximate surface area is 159 Å². The van der Waals surface area contributed by atoms with Gasteiger partial charge in [0.1, 0.15) is 0 Å². The van der Waals surface area contributed by atoms with Crippen molar-refractivity contribution < 1.29 is 28.8 Å². The molecule has 0 unspecified atom stereocenters. The van der Waals surface area contributed by atoms with E-state index in [4.69, 9.17) is 0 Å². The van der Waals surface area contributed by atoms with Crippen molar-refractivity contribution in [3.05, 3.63) is 50.6 Å². The van der Waals surface area contributed by atoms with Crippen LogP contribution in [0.5, 0.6) is 0 Å². The summed E-state index contributed by atoms with van der Waals surface area (Å²) in [6.07, 6.45) is 6.80. The van der Waals surface area contributed by atoms with E-state index in [2.05, 4.69) is 54.5 Å². The molecule has 150 valence electrons. The molecule has 0 aliphatic carbocycles. The highest BCUT2D eigenvalue weighted by atomic mass is 16.4. The minimum Gasteiger partial charge on any atom is -0.550 e. The number of quaternary nitrogens is 2.